The Bertz CT molecular complexity index is 540. The molecule has 1 heterocycles. The van der Waals surface area contributed by atoms with E-state index in [9.17, 15) is 4.39 Å². The normalized spacial score (nSPS) is 14.9. The monoisotopic (exact) mass is 305 g/mol. The number of rotatable bonds is 5. The SMILES string of the molecule is CCC(NC(c1ccc(F)cc1)C(C)(C)C)c1cccs1. The van der Waals surface area contributed by atoms with E-state index in [1.165, 1.54) is 4.88 Å². The van der Waals surface area contributed by atoms with Gasteiger partial charge in [-0.15, -0.1) is 11.3 Å². The van der Waals surface area contributed by atoms with Crippen LogP contribution < -0.4 is 5.32 Å². The van der Waals surface area contributed by atoms with Crippen molar-refractivity contribution in [2.75, 3.05) is 0 Å². The van der Waals surface area contributed by atoms with Crippen LogP contribution in [0.5, 0.6) is 0 Å². The molecule has 3 heteroatoms. The van der Waals surface area contributed by atoms with Gasteiger partial charge in [0.2, 0.25) is 0 Å². The standard InChI is InChI=1S/C18H24FNS/c1-5-15(16-7-6-12-21-16)20-17(18(2,3)4)13-8-10-14(19)11-9-13/h6-12,15,17,20H,5H2,1-4H3. The Morgan fingerprint density at radius 2 is 1.81 bits per heavy atom. The molecule has 0 aliphatic carbocycles. The Kier molecular flexibility index (Phi) is 5.17. The van der Waals surface area contributed by atoms with Crippen molar-refractivity contribution in [1.82, 2.24) is 5.32 Å². The zero-order valence-corrected chi connectivity index (χ0v) is 14.0. The molecule has 1 nitrogen and oxygen atoms in total. The van der Waals surface area contributed by atoms with Crippen molar-refractivity contribution in [2.24, 2.45) is 5.41 Å². The zero-order chi connectivity index (χ0) is 15.5. The Labute approximate surface area is 131 Å². The van der Waals surface area contributed by atoms with Gasteiger partial charge in [-0.3, -0.25) is 0 Å². The van der Waals surface area contributed by atoms with E-state index in [0.29, 0.717) is 6.04 Å². The highest BCUT2D eigenvalue weighted by molar-refractivity contribution is 7.10. The van der Waals surface area contributed by atoms with E-state index in [4.69, 9.17) is 0 Å². The average Bonchev–Trinajstić information content (AvgIpc) is 2.94. The number of hydrogen-bond acceptors (Lipinski definition) is 2. The van der Waals surface area contributed by atoms with Gasteiger partial charge >= 0.3 is 0 Å². The number of halogens is 1. The molecule has 114 valence electrons. The van der Waals surface area contributed by atoms with E-state index in [0.717, 1.165) is 12.0 Å². The summed E-state index contributed by atoms with van der Waals surface area (Å²) < 4.78 is 13.2. The lowest BCUT2D eigenvalue weighted by Gasteiger charge is -2.35. The maximum absolute atomic E-state index is 13.2. The second-order valence-electron chi connectivity index (χ2n) is 6.49. The maximum atomic E-state index is 13.2. The minimum absolute atomic E-state index is 0.0580. The first-order chi connectivity index (χ1) is 9.91. The van der Waals surface area contributed by atoms with Gasteiger partial charge in [0.05, 0.1) is 0 Å². The molecule has 0 fully saturated rings. The topological polar surface area (TPSA) is 12.0 Å². The highest BCUT2D eigenvalue weighted by Crippen LogP contribution is 2.36. The second-order valence-corrected chi connectivity index (χ2v) is 7.47. The highest BCUT2D eigenvalue weighted by Gasteiger charge is 2.28. The second kappa shape index (κ2) is 6.71. The molecule has 2 atom stereocenters. The lowest BCUT2D eigenvalue weighted by molar-refractivity contribution is 0.248. The fourth-order valence-electron chi connectivity index (χ4n) is 2.59. The van der Waals surface area contributed by atoms with Crippen LogP contribution in [0.3, 0.4) is 0 Å². The van der Waals surface area contributed by atoms with Gasteiger partial charge in [-0.2, -0.15) is 0 Å². The van der Waals surface area contributed by atoms with Gasteiger partial charge in [0.15, 0.2) is 0 Å². The van der Waals surface area contributed by atoms with E-state index in [1.54, 1.807) is 23.5 Å². The van der Waals surface area contributed by atoms with Gasteiger partial charge in [-0.25, -0.2) is 4.39 Å². The molecule has 0 saturated carbocycles. The molecule has 2 aromatic rings. The van der Waals surface area contributed by atoms with Gasteiger partial charge < -0.3 is 5.32 Å². The van der Waals surface area contributed by atoms with Crippen LogP contribution in [-0.2, 0) is 0 Å². The molecule has 1 N–H and O–H groups in total. The van der Waals surface area contributed by atoms with Crippen molar-refractivity contribution in [3.8, 4) is 0 Å². The number of nitrogens with one attached hydrogen (secondary N) is 1. The van der Waals surface area contributed by atoms with Crippen molar-refractivity contribution in [3.63, 3.8) is 0 Å². The van der Waals surface area contributed by atoms with Crippen molar-refractivity contribution in [3.05, 3.63) is 58.0 Å². The van der Waals surface area contributed by atoms with Gasteiger partial charge in [0.1, 0.15) is 5.82 Å². The van der Waals surface area contributed by atoms with Crippen LogP contribution in [0.1, 0.15) is 56.6 Å². The minimum atomic E-state index is -0.184. The largest absolute Gasteiger partial charge is 0.302 e. The minimum Gasteiger partial charge on any atom is -0.302 e. The molecule has 1 aromatic carbocycles. The van der Waals surface area contributed by atoms with E-state index >= 15 is 0 Å². The summed E-state index contributed by atoms with van der Waals surface area (Å²) >= 11 is 1.78. The molecule has 0 aliphatic heterocycles. The van der Waals surface area contributed by atoms with Gasteiger partial charge in [-0.05, 0) is 41.0 Å². The van der Waals surface area contributed by atoms with Crippen LogP contribution in [0.15, 0.2) is 41.8 Å². The summed E-state index contributed by atoms with van der Waals surface area (Å²) in [7, 11) is 0. The number of thiophene rings is 1. The third kappa shape index (κ3) is 4.14. The summed E-state index contributed by atoms with van der Waals surface area (Å²) in [6.07, 6.45) is 1.04. The lowest BCUT2D eigenvalue weighted by atomic mass is 9.81. The first-order valence-electron chi connectivity index (χ1n) is 7.46. The van der Waals surface area contributed by atoms with Gasteiger partial charge in [0, 0.05) is 17.0 Å². The summed E-state index contributed by atoms with van der Waals surface area (Å²) in [5.74, 6) is -0.184. The molecule has 0 aliphatic rings. The fourth-order valence-corrected chi connectivity index (χ4v) is 3.46. The number of benzene rings is 1. The van der Waals surface area contributed by atoms with Crippen LogP contribution in [0.25, 0.3) is 0 Å². The van der Waals surface area contributed by atoms with E-state index in [-0.39, 0.29) is 17.3 Å². The molecule has 1 aromatic heterocycles. The fraction of sp³-hybridized carbons (Fsp3) is 0.444. The van der Waals surface area contributed by atoms with Crippen LogP contribution in [-0.4, -0.2) is 0 Å². The first-order valence-corrected chi connectivity index (χ1v) is 8.34. The summed E-state index contributed by atoms with van der Waals surface area (Å²) in [6, 6.07) is 11.6. The molecular weight excluding hydrogens is 281 g/mol. The van der Waals surface area contributed by atoms with E-state index in [2.05, 4.69) is 50.5 Å². The van der Waals surface area contributed by atoms with E-state index in [1.807, 2.05) is 12.1 Å². The van der Waals surface area contributed by atoms with Crippen LogP contribution in [0.2, 0.25) is 0 Å². The molecule has 2 unspecified atom stereocenters. The maximum Gasteiger partial charge on any atom is 0.123 e. The molecule has 2 rings (SSSR count). The zero-order valence-electron chi connectivity index (χ0n) is 13.2. The Morgan fingerprint density at radius 1 is 1.14 bits per heavy atom. The van der Waals surface area contributed by atoms with E-state index < -0.39 is 0 Å². The van der Waals surface area contributed by atoms with Gasteiger partial charge in [-0.1, -0.05) is 45.9 Å². The number of hydrogen-bond donors (Lipinski definition) is 1. The summed E-state index contributed by atoms with van der Waals surface area (Å²) in [4.78, 5) is 1.36. The van der Waals surface area contributed by atoms with Gasteiger partial charge in [0.25, 0.3) is 0 Å². The average molecular weight is 305 g/mol. The van der Waals surface area contributed by atoms with Crippen LogP contribution >= 0.6 is 11.3 Å². The smallest absolute Gasteiger partial charge is 0.123 e. The predicted molar refractivity (Wildman–Crippen MR) is 89.1 cm³/mol. The quantitative estimate of drug-likeness (QED) is 0.745. The molecular formula is C18H24FNS. The Morgan fingerprint density at radius 3 is 2.29 bits per heavy atom. The molecule has 0 radical (unpaired) electrons. The third-order valence-electron chi connectivity index (χ3n) is 3.73. The molecule has 0 spiro atoms. The molecule has 21 heavy (non-hydrogen) atoms. The van der Waals surface area contributed by atoms with Crippen molar-refractivity contribution < 1.29 is 4.39 Å². The molecule has 0 bridgehead atoms. The van der Waals surface area contributed by atoms with Crippen molar-refractivity contribution in [1.29, 1.82) is 0 Å². The third-order valence-corrected chi connectivity index (χ3v) is 4.72. The van der Waals surface area contributed by atoms with Crippen molar-refractivity contribution in [2.45, 2.75) is 46.2 Å². The lowest BCUT2D eigenvalue weighted by Crippen LogP contribution is -2.34. The van der Waals surface area contributed by atoms with Crippen LogP contribution in [0, 0.1) is 11.2 Å². The molecule has 0 saturated heterocycles. The highest BCUT2D eigenvalue weighted by atomic mass is 32.1. The molecule has 0 amide bonds. The Balaban J connectivity index is 2.26. The predicted octanol–water partition coefficient (Wildman–Crippen LogP) is 5.72. The van der Waals surface area contributed by atoms with Crippen LogP contribution in [0.4, 0.5) is 4.39 Å². The summed E-state index contributed by atoms with van der Waals surface area (Å²) in [5, 5.41) is 5.88. The van der Waals surface area contributed by atoms with Crippen molar-refractivity contribution >= 4 is 11.3 Å². The summed E-state index contributed by atoms with van der Waals surface area (Å²) in [6.45, 7) is 8.85. The Hall–Kier alpha value is -1.19. The summed E-state index contributed by atoms with van der Waals surface area (Å²) in [5.41, 5.74) is 1.20. The first kappa shape index (κ1) is 16.2.